The predicted octanol–water partition coefficient (Wildman–Crippen LogP) is 3.10. The van der Waals surface area contributed by atoms with E-state index in [0.29, 0.717) is 39.8 Å². The van der Waals surface area contributed by atoms with Crippen LogP contribution in [0.5, 0.6) is 5.75 Å². The lowest BCUT2D eigenvalue weighted by atomic mass is 10.2. The first-order chi connectivity index (χ1) is 16.2. The number of nitrogens with one attached hydrogen (secondary N) is 2. The zero-order valence-electron chi connectivity index (χ0n) is 18.1. The van der Waals surface area contributed by atoms with Gasteiger partial charge in [0.05, 0.1) is 17.7 Å². The van der Waals surface area contributed by atoms with Gasteiger partial charge in [0.2, 0.25) is 16.0 Å². The highest BCUT2D eigenvalue weighted by atomic mass is 32.2. The Balaban J connectivity index is 1.67. The van der Waals surface area contributed by atoms with E-state index < -0.39 is 16.0 Å². The zero-order chi connectivity index (χ0) is 24.5. The summed E-state index contributed by atoms with van der Waals surface area (Å²) in [6, 6.07) is 11.6. The van der Waals surface area contributed by atoms with Gasteiger partial charge in [0.1, 0.15) is 22.0 Å². The Morgan fingerprint density at radius 1 is 1.15 bits per heavy atom. The van der Waals surface area contributed by atoms with Crippen molar-refractivity contribution in [3.05, 3.63) is 58.6 Å². The van der Waals surface area contributed by atoms with E-state index in [1.165, 1.54) is 19.2 Å². The van der Waals surface area contributed by atoms with Crippen molar-refractivity contribution in [2.24, 2.45) is 5.14 Å². The minimum absolute atomic E-state index is 0.0272. The quantitative estimate of drug-likeness (QED) is 0.282. The van der Waals surface area contributed by atoms with Gasteiger partial charge in [-0.2, -0.15) is 4.98 Å². The third-order valence-electron chi connectivity index (χ3n) is 4.83. The number of ether oxygens (including phenoxy) is 1. The summed E-state index contributed by atoms with van der Waals surface area (Å²) in [6.07, 6.45) is 0. The molecule has 0 aliphatic rings. The SMILES string of the molecule is COc1cccc2c(NCc3ccc(S(N)(=O)=O)cc3)nc(Nc3nc(C)c(C(=O)O)s3)nc12. The number of methoxy groups -OCH3 is 1. The monoisotopic (exact) mass is 500 g/mol. The molecule has 2 aromatic carbocycles. The van der Waals surface area contributed by atoms with Crippen LogP contribution in [0, 0.1) is 6.92 Å². The van der Waals surface area contributed by atoms with Gasteiger partial charge in [-0.05, 0) is 36.8 Å². The Hall–Kier alpha value is -3.81. The summed E-state index contributed by atoms with van der Waals surface area (Å²) in [7, 11) is -2.24. The van der Waals surface area contributed by atoms with Gasteiger partial charge in [0.25, 0.3) is 0 Å². The van der Waals surface area contributed by atoms with Crippen molar-refractivity contribution in [1.82, 2.24) is 15.0 Å². The molecule has 13 heteroatoms. The molecule has 0 unspecified atom stereocenters. The molecule has 0 saturated heterocycles. The molecular weight excluding hydrogens is 480 g/mol. The largest absolute Gasteiger partial charge is 0.494 e. The molecule has 0 spiro atoms. The van der Waals surface area contributed by atoms with Crippen molar-refractivity contribution >= 4 is 55.1 Å². The van der Waals surface area contributed by atoms with Crippen LogP contribution >= 0.6 is 11.3 Å². The summed E-state index contributed by atoms with van der Waals surface area (Å²) in [6.45, 7) is 1.96. The molecule has 0 radical (unpaired) electrons. The van der Waals surface area contributed by atoms with Crippen LogP contribution in [0.1, 0.15) is 20.9 Å². The number of nitrogens with two attached hydrogens (primary N) is 1. The van der Waals surface area contributed by atoms with Gasteiger partial charge in [0, 0.05) is 11.9 Å². The van der Waals surface area contributed by atoms with Gasteiger partial charge in [-0.3, -0.25) is 5.32 Å². The predicted molar refractivity (Wildman–Crippen MR) is 128 cm³/mol. The molecule has 0 aliphatic carbocycles. The first kappa shape index (κ1) is 23.4. The minimum atomic E-state index is -3.77. The fraction of sp³-hybridized carbons (Fsp3) is 0.143. The molecule has 4 aromatic rings. The van der Waals surface area contributed by atoms with E-state index in [9.17, 15) is 18.3 Å². The average Bonchev–Trinajstić information content (AvgIpc) is 3.17. The number of aromatic carboxylic acids is 1. The molecule has 176 valence electrons. The second-order valence-electron chi connectivity index (χ2n) is 7.16. The van der Waals surface area contributed by atoms with E-state index >= 15 is 0 Å². The van der Waals surface area contributed by atoms with Crippen LogP contribution < -0.4 is 20.5 Å². The Kier molecular flexibility index (Phi) is 6.32. The van der Waals surface area contributed by atoms with Gasteiger partial charge in [0.15, 0.2) is 5.13 Å². The molecule has 0 saturated carbocycles. The van der Waals surface area contributed by atoms with E-state index in [4.69, 9.17) is 9.88 Å². The highest BCUT2D eigenvalue weighted by Crippen LogP contribution is 2.31. The summed E-state index contributed by atoms with van der Waals surface area (Å²) in [5.74, 6) is 0.174. The number of carboxylic acids is 1. The van der Waals surface area contributed by atoms with Crippen molar-refractivity contribution in [2.45, 2.75) is 18.4 Å². The van der Waals surface area contributed by atoms with Gasteiger partial charge in [-0.1, -0.05) is 29.5 Å². The maximum atomic E-state index is 11.5. The molecule has 0 atom stereocenters. The number of carbonyl (C=O) groups is 1. The number of para-hydroxylation sites is 1. The van der Waals surface area contributed by atoms with Crippen LogP contribution in [0.2, 0.25) is 0 Å². The number of rotatable bonds is 8. The number of aryl methyl sites for hydroxylation is 1. The summed E-state index contributed by atoms with van der Waals surface area (Å²) < 4.78 is 28.4. The summed E-state index contributed by atoms with van der Waals surface area (Å²) >= 11 is 0.984. The summed E-state index contributed by atoms with van der Waals surface area (Å²) in [5, 5.41) is 21.7. The number of nitrogens with zero attached hydrogens (tertiary/aromatic N) is 3. The smallest absolute Gasteiger partial charge is 0.347 e. The number of fused-ring (bicyclic) bond motifs is 1. The average molecular weight is 501 g/mol. The number of hydrogen-bond donors (Lipinski definition) is 4. The summed E-state index contributed by atoms with van der Waals surface area (Å²) in [5.41, 5.74) is 1.74. The van der Waals surface area contributed by atoms with Gasteiger partial charge >= 0.3 is 5.97 Å². The van der Waals surface area contributed by atoms with E-state index in [0.717, 1.165) is 16.9 Å². The molecule has 0 fully saturated rings. The van der Waals surface area contributed by atoms with E-state index in [1.54, 1.807) is 25.1 Å². The normalized spacial score (nSPS) is 11.4. The Bertz CT molecular complexity index is 1490. The van der Waals surface area contributed by atoms with Crippen LogP contribution in [0.3, 0.4) is 0 Å². The Labute approximate surface area is 198 Å². The van der Waals surface area contributed by atoms with E-state index in [2.05, 4.69) is 25.6 Å². The fourth-order valence-electron chi connectivity index (χ4n) is 3.21. The number of benzene rings is 2. The van der Waals surface area contributed by atoms with Crippen LogP contribution in [0.25, 0.3) is 10.9 Å². The lowest BCUT2D eigenvalue weighted by Crippen LogP contribution is -2.12. The first-order valence-electron chi connectivity index (χ1n) is 9.84. The van der Waals surface area contributed by atoms with Crippen molar-refractivity contribution in [1.29, 1.82) is 0 Å². The molecular formula is C21H20N6O5S2. The lowest BCUT2D eigenvalue weighted by molar-refractivity contribution is 0.0701. The molecule has 2 heterocycles. The Morgan fingerprint density at radius 3 is 2.50 bits per heavy atom. The van der Waals surface area contributed by atoms with Crippen LogP contribution in [-0.4, -0.2) is 41.6 Å². The van der Waals surface area contributed by atoms with E-state index in [-0.39, 0.29) is 15.7 Å². The number of aromatic nitrogens is 3. The molecule has 34 heavy (non-hydrogen) atoms. The zero-order valence-corrected chi connectivity index (χ0v) is 19.7. The third-order valence-corrected chi connectivity index (χ3v) is 6.82. The molecule has 4 rings (SSSR count). The van der Waals surface area contributed by atoms with E-state index in [1.807, 2.05) is 12.1 Å². The molecule has 0 aliphatic heterocycles. The van der Waals surface area contributed by atoms with Crippen molar-refractivity contribution in [2.75, 3.05) is 17.7 Å². The standard InChI is InChI=1S/C21H20N6O5S2/c1-11-17(19(28)29)33-21(24-11)27-20-25-16-14(4-3-5-15(16)32-2)18(26-20)23-10-12-6-8-13(9-7-12)34(22,30)31/h3-9H,10H2,1-2H3,(H,28,29)(H2,22,30,31)(H2,23,24,25,26,27). The highest BCUT2D eigenvalue weighted by Gasteiger charge is 2.17. The third kappa shape index (κ3) is 4.90. The van der Waals surface area contributed by atoms with Crippen molar-refractivity contribution in [3.8, 4) is 5.75 Å². The van der Waals surface area contributed by atoms with Crippen LogP contribution in [0.15, 0.2) is 47.4 Å². The van der Waals surface area contributed by atoms with Crippen molar-refractivity contribution < 1.29 is 23.1 Å². The number of anilines is 3. The second-order valence-corrected chi connectivity index (χ2v) is 9.72. The highest BCUT2D eigenvalue weighted by molar-refractivity contribution is 7.89. The van der Waals surface area contributed by atoms with Crippen LogP contribution in [-0.2, 0) is 16.6 Å². The maximum absolute atomic E-state index is 11.5. The van der Waals surface area contributed by atoms with Crippen molar-refractivity contribution in [3.63, 3.8) is 0 Å². The van der Waals surface area contributed by atoms with Crippen LogP contribution in [0.4, 0.5) is 16.9 Å². The minimum Gasteiger partial charge on any atom is -0.494 e. The number of thiazole rings is 1. The lowest BCUT2D eigenvalue weighted by Gasteiger charge is -2.13. The van der Waals surface area contributed by atoms with Gasteiger partial charge in [-0.25, -0.2) is 28.3 Å². The number of carboxylic acid groups (broad SMARTS) is 1. The number of primary sulfonamides is 1. The molecule has 0 amide bonds. The summed E-state index contributed by atoms with van der Waals surface area (Å²) in [4.78, 5) is 24.8. The van der Waals surface area contributed by atoms with Gasteiger partial charge < -0.3 is 15.2 Å². The second kappa shape index (κ2) is 9.21. The fourth-order valence-corrected chi connectivity index (χ4v) is 4.52. The Morgan fingerprint density at radius 2 is 1.88 bits per heavy atom. The molecule has 0 bridgehead atoms. The maximum Gasteiger partial charge on any atom is 0.347 e. The first-order valence-corrected chi connectivity index (χ1v) is 12.2. The number of hydrogen-bond acceptors (Lipinski definition) is 10. The molecule has 5 N–H and O–H groups in total. The number of sulfonamides is 1. The molecule has 2 aromatic heterocycles. The topological polar surface area (TPSA) is 169 Å². The molecule has 11 nitrogen and oxygen atoms in total. The van der Waals surface area contributed by atoms with Gasteiger partial charge in [-0.15, -0.1) is 0 Å².